The average Bonchev–Trinajstić information content (AvgIpc) is 3.13. The van der Waals surface area contributed by atoms with Gasteiger partial charge in [-0.25, -0.2) is 0 Å². The van der Waals surface area contributed by atoms with Gasteiger partial charge in [-0.05, 0) is 17.7 Å². The van der Waals surface area contributed by atoms with E-state index in [2.05, 4.69) is 81.3 Å². The Morgan fingerprint density at radius 1 is 0.404 bits per heavy atom. The van der Waals surface area contributed by atoms with E-state index in [1.165, 1.54) is 5.56 Å². The van der Waals surface area contributed by atoms with E-state index < -0.39 is 0 Å². The molecule has 316 valence electrons. The molecule has 6 heterocycles. The second-order valence-corrected chi connectivity index (χ2v) is 15.6. The van der Waals surface area contributed by atoms with Crippen molar-refractivity contribution in [3.05, 3.63) is 29.8 Å². The van der Waals surface area contributed by atoms with Gasteiger partial charge in [-0.1, -0.05) is 12.1 Å². The van der Waals surface area contributed by atoms with E-state index in [0.29, 0.717) is 0 Å². The summed E-state index contributed by atoms with van der Waals surface area (Å²) in [5, 5.41) is 46.2. The number of fused-ring (bicyclic) bond motifs is 30. The Labute approximate surface area is 324 Å². The highest BCUT2D eigenvalue weighted by Gasteiger charge is 2.30. The van der Waals surface area contributed by atoms with Crippen LogP contribution in [0.3, 0.4) is 0 Å². The molecule has 0 saturated carbocycles. The van der Waals surface area contributed by atoms with Gasteiger partial charge in [-0.2, -0.15) is 0 Å². The van der Waals surface area contributed by atoms with E-state index >= 15 is 0 Å². The van der Waals surface area contributed by atoms with Gasteiger partial charge in [0.1, 0.15) is 0 Å². The van der Waals surface area contributed by atoms with Crippen LogP contribution >= 0.6 is 0 Å². The molecule has 17 heteroatoms. The summed E-state index contributed by atoms with van der Waals surface area (Å²) in [6.07, 6.45) is 0. The summed E-state index contributed by atoms with van der Waals surface area (Å²) in [6.45, 7) is 21.4. The van der Waals surface area contributed by atoms with Gasteiger partial charge in [0.05, 0.1) is 22.2 Å². The Morgan fingerprint density at radius 2 is 0.635 bits per heavy atom. The minimum atomic E-state index is -0.293. The molecule has 0 aliphatic carbocycles. The molecule has 0 spiro atoms. The highest BCUT2D eigenvalue weighted by Crippen LogP contribution is 2.09. The predicted octanol–water partition coefficient (Wildman–Crippen LogP) is -4.73. The van der Waals surface area contributed by atoms with Crippen molar-refractivity contribution in [3.8, 4) is 0 Å². The zero-order valence-corrected chi connectivity index (χ0v) is 31.8. The Kier molecular flexibility index (Phi) is 19.3. The minimum absolute atomic E-state index is 0. The SMILES string of the molecule is NC12CNCCNCC(N)(CNCCNC1)CNCCNC2.Nc1ccc(CNC23CNCCNCC(N)(CNCCNC2)CNCCNC3)cc1.[HH].[HH].[HH].[HH].[HH].[HH].[HH].[HH]. The highest BCUT2D eigenvalue weighted by atomic mass is 15.2. The summed E-state index contributed by atoms with van der Waals surface area (Å²) in [4.78, 5) is 0. The number of nitrogen functional groups attached to an aromatic ring is 1. The molecule has 0 amide bonds. The molecule has 1 aromatic carbocycles. The molecule has 6 aliphatic heterocycles. The van der Waals surface area contributed by atoms with Crippen LogP contribution in [0.1, 0.15) is 17.0 Å². The van der Waals surface area contributed by atoms with E-state index in [1.54, 1.807) is 0 Å². The van der Waals surface area contributed by atoms with Crippen molar-refractivity contribution in [2.75, 3.05) is 163 Å². The molecule has 0 atom stereocenters. The standard InChI is InChI=1S/C21H41N9.C14H34N8.8H2/c22-19-3-1-18(2-4-19)11-30-21-15-27-8-5-24-12-20(23,13-25-6-9-28-16-21)14-26-7-10-29-17-21;15-13-7-17-1-2-18-8-14(16,11-21-5-3-19-9-13)12-22-6-4-20-10-13;;;;;;;;/h1-4,24-30H,5-17,22-23H2;17-22H,1-12,15-16H2;8*1H. The fraction of sp³-hybridized carbons (Fsp3) is 0.829. The lowest BCUT2D eigenvalue weighted by Crippen LogP contribution is -2.66. The van der Waals surface area contributed by atoms with Crippen LogP contribution in [0.2, 0.25) is 0 Å². The molecule has 52 heavy (non-hydrogen) atoms. The second kappa shape index (κ2) is 23.3. The average molecular weight is 750 g/mol. The molecule has 6 saturated heterocycles. The van der Waals surface area contributed by atoms with Crippen LogP contribution < -0.4 is 92.1 Å². The maximum absolute atomic E-state index is 6.66. The van der Waals surface area contributed by atoms with Gasteiger partial charge in [0, 0.05) is 181 Å². The number of hydrogen-bond acceptors (Lipinski definition) is 17. The first-order valence-electron chi connectivity index (χ1n) is 19.7. The van der Waals surface area contributed by atoms with Gasteiger partial charge < -0.3 is 92.1 Å². The summed E-state index contributed by atoms with van der Waals surface area (Å²) in [6, 6.07) is 8.11. The largest absolute Gasteiger partial charge is 0.399 e. The lowest BCUT2D eigenvalue weighted by Gasteiger charge is -2.37. The fourth-order valence-corrected chi connectivity index (χ4v) is 6.94. The molecule has 0 aromatic heterocycles. The molecular weight excluding hydrogens is 659 g/mol. The number of nitrogens with one attached hydrogen (secondary N) is 13. The van der Waals surface area contributed by atoms with Crippen LogP contribution in [0.4, 0.5) is 5.69 Å². The third-order valence-electron chi connectivity index (χ3n) is 10.2. The summed E-state index contributed by atoms with van der Waals surface area (Å²) >= 11 is 0. The van der Waals surface area contributed by atoms with E-state index in [1.807, 2.05) is 12.1 Å². The van der Waals surface area contributed by atoms with Crippen molar-refractivity contribution in [2.45, 2.75) is 28.7 Å². The van der Waals surface area contributed by atoms with Gasteiger partial charge in [-0.3, -0.25) is 0 Å². The van der Waals surface area contributed by atoms with Gasteiger partial charge in [0.15, 0.2) is 0 Å². The number of hydrogen-bond donors (Lipinski definition) is 17. The van der Waals surface area contributed by atoms with Crippen molar-refractivity contribution in [1.29, 1.82) is 0 Å². The van der Waals surface area contributed by atoms with Gasteiger partial charge in [0.2, 0.25) is 0 Å². The Balaban J connectivity index is -0.000000307. The first-order valence-corrected chi connectivity index (χ1v) is 19.7. The lowest BCUT2D eigenvalue weighted by molar-refractivity contribution is 0.269. The molecule has 1 aromatic rings. The van der Waals surface area contributed by atoms with Gasteiger partial charge in [0.25, 0.3) is 0 Å². The zero-order chi connectivity index (χ0) is 36.9. The maximum Gasteiger partial charge on any atom is 0.0561 e. The third kappa shape index (κ3) is 16.8. The highest BCUT2D eigenvalue weighted by molar-refractivity contribution is 5.39. The molecule has 0 radical (unpaired) electrons. The first kappa shape index (κ1) is 43.1. The molecule has 7 rings (SSSR count). The molecular formula is C35H91N17. The molecule has 21 N–H and O–H groups in total. The number of anilines is 1. The summed E-state index contributed by atoms with van der Waals surface area (Å²) in [7, 11) is 0. The normalized spacial score (nSPS) is 33.4. The van der Waals surface area contributed by atoms with Crippen molar-refractivity contribution in [3.63, 3.8) is 0 Å². The summed E-state index contributed by atoms with van der Waals surface area (Å²) < 4.78 is 0. The number of rotatable bonds is 3. The van der Waals surface area contributed by atoms with Crippen LogP contribution in [-0.4, -0.2) is 179 Å². The maximum atomic E-state index is 6.66. The zero-order valence-electron chi connectivity index (χ0n) is 31.8. The number of benzene rings is 1. The molecule has 6 fully saturated rings. The second-order valence-electron chi connectivity index (χ2n) is 15.6. The van der Waals surface area contributed by atoms with Crippen LogP contribution in [0.5, 0.6) is 0 Å². The van der Waals surface area contributed by atoms with Crippen molar-refractivity contribution >= 4 is 5.69 Å². The van der Waals surface area contributed by atoms with E-state index in [4.69, 9.17) is 22.9 Å². The monoisotopic (exact) mass is 750 g/mol. The summed E-state index contributed by atoms with van der Waals surface area (Å²) in [5.74, 6) is 0. The predicted molar refractivity (Wildman–Crippen MR) is 233 cm³/mol. The first-order chi connectivity index (χ1) is 25.2. The summed E-state index contributed by atoms with van der Waals surface area (Å²) in [5.41, 5.74) is 26.7. The lowest BCUT2D eigenvalue weighted by atomic mass is 9.97. The molecule has 4 bridgehead atoms. The Morgan fingerprint density at radius 3 is 0.885 bits per heavy atom. The fourth-order valence-electron chi connectivity index (χ4n) is 6.94. The topological polar surface area (TPSA) is 260 Å². The van der Waals surface area contributed by atoms with Gasteiger partial charge >= 0.3 is 0 Å². The molecule has 6 aliphatic rings. The number of nitrogens with two attached hydrogens (primary N) is 4. The molecule has 17 nitrogen and oxygen atoms in total. The van der Waals surface area contributed by atoms with Crippen molar-refractivity contribution in [2.24, 2.45) is 17.2 Å². The minimum Gasteiger partial charge on any atom is -0.399 e. The van der Waals surface area contributed by atoms with Crippen molar-refractivity contribution in [1.82, 2.24) is 69.1 Å². The smallest absolute Gasteiger partial charge is 0.0561 e. The van der Waals surface area contributed by atoms with Crippen LogP contribution in [-0.2, 0) is 6.54 Å². The van der Waals surface area contributed by atoms with E-state index in [0.717, 1.165) is 169 Å². The van der Waals surface area contributed by atoms with E-state index in [9.17, 15) is 0 Å². The van der Waals surface area contributed by atoms with Gasteiger partial charge in [-0.15, -0.1) is 0 Å². The van der Waals surface area contributed by atoms with Crippen molar-refractivity contribution < 1.29 is 11.4 Å². The quantitative estimate of drug-likeness (QED) is 0.130. The van der Waals surface area contributed by atoms with E-state index in [-0.39, 0.29) is 33.6 Å². The Hall–Kier alpha value is -1.62. The van der Waals surface area contributed by atoms with Crippen LogP contribution in [0.25, 0.3) is 0 Å². The third-order valence-corrected chi connectivity index (χ3v) is 10.2. The van der Waals surface area contributed by atoms with Crippen LogP contribution in [0, 0.1) is 0 Å². The Bertz CT molecular complexity index is 993. The van der Waals surface area contributed by atoms with Crippen LogP contribution in [0.15, 0.2) is 24.3 Å². The molecule has 0 unspecified atom stereocenters.